The summed E-state index contributed by atoms with van der Waals surface area (Å²) in [5, 5.41) is 5.71. The number of hydrogen-bond donors (Lipinski definition) is 1. The highest BCUT2D eigenvalue weighted by atomic mass is 79.9. The van der Waals surface area contributed by atoms with Crippen molar-refractivity contribution in [2.45, 2.75) is 0 Å². The molecule has 94 valence electrons. The lowest BCUT2D eigenvalue weighted by Gasteiger charge is -2.08. The topological polar surface area (TPSA) is 24.9 Å². The molecule has 0 amide bonds. The summed E-state index contributed by atoms with van der Waals surface area (Å²) < 4.78 is 2.04. The molecule has 1 heterocycles. The lowest BCUT2D eigenvalue weighted by Crippen LogP contribution is -1.93. The average molecular weight is 378 g/mol. The normalized spacial score (nSPS) is 10.6. The van der Waals surface area contributed by atoms with E-state index >= 15 is 0 Å². The Labute approximate surface area is 128 Å². The van der Waals surface area contributed by atoms with E-state index in [0.29, 0.717) is 0 Å². The average Bonchev–Trinajstić information content (AvgIpc) is 2.41. The summed E-state index contributed by atoms with van der Waals surface area (Å²) in [6, 6.07) is 16.4. The van der Waals surface area contributed by atoms with E-state index in [1.54, 1.807) is 6.20 Å². The maximum Gasteiger partial charge on any atom is 0.144 e. The van der Waals surface area contributed by atoms with E-state index in [9.17, 15) is 0 Å². The number of fused-ring (bicyclic) bond motifs is 1. The highest BCUT2D eigenvalue weighted by Crippen LogP contribution is 2.27. The van der Waals surface area contributed by atoms with Crippen LogP contribution in [-0.2, 0) is 0 Å². The molecule has 0 fully saturated rings. The van der Waals surface area contributed by atoms with Crippen molar-refractivity contribution in [1.82, 2.24) is 4.98 Å². The van der Waals surface area contributed by atoms with Gasteiger partial charge >= 0.3 is 0 Å². The SMILES string of the molecule is Brc1ccc2cc(Nc3ncccc3Br)ccc2c1. The fourth-order valence-corrected chi connectivity index (χ4v) is 2.64. The van der Waals surface area contributed by atoms with Crippen LogP contribution >= 0.6 is 31.9 Å². The van der Waals surface area contributed by atoms with Gasteiger partial charge in [0, 0.05) is 16.4 Å². The molecule has 0 bridgehead atoms. The smallest absolute Gasteiger partial charge is 0.144 e. The molecule has 0 spiro atoms. The molecule has 0 aliphatic heterocycles. The van der Waals surface area contributed by atoms with E-state index in [1.807, 2.05) is 18.2 Å². The Morgan fingerprint density at radius 1 is 0.895 bits per heavy atom. The van der Waals surface area contributed by atoms with Crippen LogP contribution in [0.1, 0.15) is 0 Å². The number of anilines is 2. The lowest BCUT2D eigenvalue weighted by molar-refractivity contribution is 1.29. The molecule has 0 unspecified atom stereocenters. The molecule has 4 heteroatoms. The summed E-state index contributed by atoms with van der Waals surface area (Å²) in [5.74, 6) is 0.818. The summed E-state index contributed by atoms with van der Waals surface area (Å²) >= 11 is 6.96. The number of halogens is 2. The van der Waals surface area contributed by atoms with Crippen molar-refractivity contribution in [3.63, 3.8) is 0 Å². The zero-order valence-electron chi connectivity index (χ0n) is 9.90. The zero-order valence-corrected chi connectivity index (χ0v) is 13.1. The van der Waals surface area contributed by atoms with Gasteiger partial charge in [0.25, 0.3) is 0 Å². The zero-order chi connectivity index (χ0) is 13.2. The fraction of sp³-hybridized carbons (Fsp3) is 0. The molecule has 1 N–H and O–H groups in total. The van der Waals surface area contributed by atoms with E-state index < -0.39 is 0 Å². The van der Waals surface area contributed by atoms with Gasteiger partial charge in [-0.05, 0) is 63.1 Å². The predicted octanol–water partition coefficient (Wildman–Crippen LogP) is 5.50. The van der Waals surface area contributed by atoms with Crippen LogP contribution in [0.5, 0.6) is 0 Å². The van der Waals surface area contributed by atoms with Gasteiger partial charge in [-0.25, -0.2) is 4.98 Å². The molecule has 2 aromatic carbocycles. The summed E-state index contributed by atoms with van der Waals surface area (Å²) in [5.41, 5.74) is 1.02. The van der Waals surface area contributed by atoms with Crippen molar-refractivity contribution >= 4 is 54.1 Å². The standard InChI is InChI=1S/C15H10Br2N2/c16-12-5-3-11-9-13(6-4-10(11)8-12)19-15-14(17)2-1-7-18-15/h1-9H,(H,18,19). The highest BCUT2D eigenvalue weighted by Gasteiger charge is 2.02. The second kappa shape index (κ2) is 5.31. The molecule has 2 nitrogen and oxygen atoms in total. The molecule has 3 rings (SSSR count). The third-order valence-corrected chi connectivity index (χ3v) is 3.96. The monoisotopic (exact) mass is 376 g/mol. The molecular formula is C15H10Br2N2. The van der Waals surface area contributed by atoms with Crippen LogP contribution < -0.4 is 5.32 Å². The van der Waals surface area contributed by atoms with Crippen LogP contribution in [0, 0.1) is 0 Å². The van der Waals surface area contributed by atoms with Crippen LogP contribution in [-0.4, -0.2) is 4.98 Å². The number of rotatable bonds is 2. The molecule has 0 saturated carbocycles. The van der Waals surface area contributed by atoms with Crippen molar-refractivity contribution in [3.05, 3.63) is 63.7 Å². The van der Waals surface area contributed by atoms with Gasteiger partial charge in [0.05, 0.1) is 4.47 Å². The Morgan fingerprint density at radius 3 is 2.53 bits per heavy atom. The van der Waals surface area contributed by atoms with Crippen molar-refractivity contribution in [3.8, 4) is 0 Å². The lowest BCUT2D eigenvalue weighted by atomic mass is 10.1. The Bertz CT molecular complexity index is 741. The first-order valence-electron chi connectivity index (χ1n) is 5.79. The van der Waals surface area contributed by atoms with E-state index in [4.69, 9.17) is 0 Å². The summed E-state index contributed by atoms with van der Waals surface area (Å²) in [6.45, 7) is 0. The minimum atomic E-state index is 0.818. The van der Waals surface area contributed by atoms with Gasteiger partial charge in [-0.2, -0.15) is 0 Å². The first-order valence-corrected chi connectivity index (χ1v) is 7.38. The second-order valence-electron chi connectivity index (χ2n) is 4.17. The van der Waals surface area contributed by atoms with E-state index in [2.05, 4.69) is 72.5 Å². The third kappa shape index (κ3) is 2.80. The van der Waals surface area contributed by atoms with Crippen molar-refractivity contribution < 1.29 is 0 Å². The largest absolute Gasteiger partial charge is 0.339 e. The molecule has 1 aromatic heterocycles. The van der Waals surface area contributed by atoms with Gasteiger partial charge in [0.1, 0.15) is 5.82 Å². The van der Waals surface area contributed by atoms with Gasteiger partial charge in [-0.3, -0.25) is 0 Å². The number of aromatic nitrogens is 1. The Balaban J connectivity index is 1.98. The van der Waals surface area contributed by atoms with Crippen LogP contribution in [0.4, 0.5) is 11.5 Å². The van der Waals surface area contributed by atoms with Gasteiger partial charge in [0.15, 0.2) is 0 Å². The predicted molar refractivity (Wildman–Crippen MR) is 86.9 cm³/mol. The summed E-state index contributed by atoms with van der Waals surface area (Å²) in [6.07, 6.45) is 1.77. The molecule has 19 heavy (non-hydrogen) atoms. The molecule has 0 atom stereocenters. The first-order chi connectivity index (χ1) is 9.22. The van der Waals surface area contributed by atoms with Crippen LogP contribution in [0.3, 0.4) is 0 Å². The van der Waals surface area contributed by atoms with Crippen molar-refractivity contribution in [2.24, 2.45) is 0 Å². The number of benzene rings is 2. The molecule has 3 aromatic rings. The molecule has 0 aliphatic carbocycles. The minimum absolute atomic E-state index is 0.818. The quantitative estimate of drug-likeness (QED) is 0.637. The maximum absolute atomic E-state index is 4.30. The molecular weight excluding hydrogens is 368 g/mol. The molecule has 0 saturated heterocycles. The Hall–Kier alpha value is -1.39. The highest BCUT2D eigenvalue weighted by molar-refractivity contribution is 9.10. The minimum Gasteiger partial charge on any atom is -0.339 e. The Morgan fingerprint density at radius 2 is 1.68 bits per heavy atom. The van der Waals surface area contributed by atoms with E-state index in [1.165, 1.54) is 10.8 Å². The molecule has 0 radical (unpaired) electrons. The van der Waals surface area contributed by atoms with Crippen LogP contribution in [0.2, 0.25) is 0 Å². The van der Waals surface area contributed by atoms with Gasteiger partial charge < -0.3 is 5.32 Å². The number of nitrogens with one attached hydrogen (secondary N) is 1. The maximum atomic E-state index is 4.30. The Kier molecular flexibility index (Phi) is 3.53. The van der Waals surface area contributed by atoms with Crippen molar-refractivity contribution in [1.29, 1.82) is 0 Å². The van der Waals surface area contributed by atoms with Crippen molar-refractivity contribution in [2.75, 3.05) is 5.32 Å². The fourth-order valence-electron chi connectivity index (χ4n) is 1.91. The van der Waals surface area contributed by atoms with E-state index in [-0.39, 0.29) is 0 Å². The van der Waals surface area contributed by atoms with Crippen LogP contribution in [0.15, 0.2) is 63.7 Å². The summed E-state index contributed by atoms with van der Waals surface area (Å²) in [4.78, 5) is 4.30. The third-order valence-electron chi connectivity index (χ3n) is 2.82. The number of nitrogens with zero attached hydrogens (tertiary/aromatic N) is 1. The second-order valence-corrected chi connectivity index (χ2v) is 5.94. The summed E-state index contributed by atoms with van der Waals surface area (Å²) in [7, 11) is 0. The van der Waals surface area contributed by atoms with Crippen LogP contribution in [0.25, 0.3) is 10.8 Å². The first kappa shape index (κ1) is 12.6. The van der Waals surface area contributed by atoms with Gasteiger partial charge in [-0.1, -0.05) is 28.1 Å². The number of pyridine rings is 1. The van der Waals surface area contributed by atoms with Gasteiger partial charge in [-0.15, -0.1) is 0 Å². The van der Waals surface area contributed by atoms with Gasteiger partial charge in [0.2, 0.25) is 0 Å². The van der Waals surface area contributed by atoms with E-state index in [0.717, 1.165) is 20.5 Å². The molecule has 0 aliphatic rings. The number of hydrogen-bond acceptors (Lipinski definition) is 2.